The standard InChI is InChI=1S/C11H19BrN2S/c1-4-10(14(2)3)7-13-6-9-5-11(12)15-8-9/h5,8,10,13H,4,6-7H2,1-3H3. The lowest BCUT2D eigenvalue weighted by molar-refractivity contribution is 0.276. The first-order valence-corrected chi connectivity index (χ1v) is 6.90. The number of nitrogens with zero attached hydrogens (tertiary/aromatic N) is 1. The molecule has 0 fully saturated rings. The summed E-state index contributed by atoms with van der Waals surface area (Å²) < 4.78 is 1.21. The van der Waals surface area contributed by atoms with Gasteiger partial charge in [-0.25, -0.2) is 0 Å². The van der Waals surface area contributed by atoms with Gasteiger partial charge in [0.2, 0.25) is 0 Å². The summed E-state index contributed by atoms with van der Waals surface area (Å²) in [6.45, 7) is 4.25. The van der Waals surface area contributed by atoms with E-state index in [4.69, 9.17) is 0 Å². The van der Waals surface area contributed by atoms with Crippen LogP contribution in [0.15, 0.2) is 15.2 Å². The van der Waals surface area contributed by atoms with Crippen molar-refractivity contribution in [2.75, 3.05) is 20.6 Å². The Morgan fingerprint density at radius 3 is 2.73 bits per heavy atom. The maximum Gasteiger partial charge on any atom is 0.0701 e. The molecular weight excluding hydrogens is 272 g/mol. The molecule has 1 atom stereocenters. The van der Waals surface area contributed by atoms with E-state index >= 15 is 0 Å². The molecule has 0 aliphatic rings. The number of nitrogens with one attached hydrogen (secondary N) is 1. The Bertz CT molecular complexity index is 286. The van der Waals surface area contributed by atoms with Crippen LogP contribution in [0.3, 0.4) is 0 Å². The predicted molar refractivity (Wildman–Crippen MR) is 71.5 cm³/mol. The average Bonchev–Trinajstić information content (AvgIpc) is 2.58. The third kappa shape index (κ3) is 4.64. The van der Waals surface area contributed by atoms with E-state index in [-0.39, 0.29) is 0 Å². The molecule has 0 saturated heterocycles. The van der Waals surface area contributed by atoms with E-state index in [9.17, 15) is 0 Å². The number of hydrogen-bond acceptors (Lipinski definition) is 3. The minimum absolute atomic E-state index is 0.632. The van der Waals surface area contributed by atoms with Crippen LogP contribution in [0.2, 0.25) is 0 Å². The van der Waals surface area contributed by atoms with Crippen molar-refractivity contribution in [1.82, 2.24) is 10.2 Å². The largest absolute Gasteiger partial charge is 0.311 e. The van der Waals surface area contributed by atoms with Crippen LogP contribution in [0.5, 0.6) is 0 Å². The van der Waals surface area contributed by atoms with Crippen molar-refractivity contribution < 1.29 is 0 Å². The van der Waals surface area contributed by atoms with E-state index in [1.165, 1.54) is 15.8 Å². The van der Waals surface area contributed by atoms with Gasteiger partial charge in [0.1, 0.15) is 0 Å². The SMILES string of the molecule is CCC(CNCc1csc(Br)c1)N(C)C. The van der Waals surface area contributed by atoms with Crippen molar-refractivity contribution in [2.45, 2.75) is 25.9 Å². The molecule has 0 aliphatic carbocycles. The Morgan fingerprint density at radius 1 is 1.53 bits per heavy atom. The van der Waals surface area contributed by atoms with Crippen LogP contribution in [0.4, 0.5) is 0 Å². The highest BCUT2D eigenvalue weighted by Crippen LogP contribution is 2.20. The molecule has 0 saturated carbocycles. The Morgan fingerprint density at radius 2 is 2.27 bits per heavy atom. The Labute approximate surface area is 105 Å². The average molecular weight is 291 g/mol. The molecule has 4 heteroatoms. The summed E-state index contributed by atoms with van der Waals surface area (Å²) in [7, 11) is 4.27. The monoisotopic (exact) mass is 290 g/mol. The zero-order valence-corrected chi connectivity index (χ0v) is 12.0. The summed E-state index contributed by atoms with van der Waals surface area (Å²) in [4.78, 5) is 2.27. The first-order chi connectivity index (χ1) is 7.13. The molecule has 0 spiro atoms. The van der Waals surface area contributed by atoms with Gasteiger partial charge in [-0.2, -0.15) is 0 Å². The summed E-state index contributed by atoms with van der Waals surface area (Å²) in [5.74, 6) is 0. The van der Waals surface area contributed by atoms with E-state index in [2.05, 4.69) is 58.6 Å². The van der Waals surface area contributed by atoms with Crippen LogP contribution in [-0.2, 0) is 6.54 Å². The zero-order valence-electron chi connectivity index (χ0n) is 9.59. The Kier molecular flexibility index (Phi) is 5.82. The van der Waals surface area contributed by atoms with E-state index < -0.39 is 0 Å². The highest BCUT2D eigenvalue weighted by atomic mass is 79.9. The molecule has 0 amide bonds. The van der Waals surface area contributed by atoms with Crippen molar-refractivity contribution in [3.05, 3.63) is 20.8 Å². The molecule has 1 aromatic heterocycles. The van der Waals surface area contributed by atoms with Crippen LogP contribution >= 0.6 is 27.3 Å². The fourth-order valence-corrected chi connectivity index (χ4v) is 2.72. The number of thiophene rings is 1. The second-order valence-electron chi connectivity index (χ2n) is 3.92. The number of hydrogen-bond donors (Lipinski definition) is 1. The van der Waals surface area contributed by atoms with E-state index in [1.54, 1.807) is 11.3 Å². The lowest BCUT2D eigenvalue weighted by Crippen LogP contribution is -2.37. The maximum absolute atomic E-state index is 3.49. The van der Waals surface area contributed by atoms with Crippen molar-refractivity contribution in [3.8, 4) is 0 Å². The molecule has 0 aliphatic heterocycles. The lowest BCUT2D eigenvalue weighted by atomic mass is 10.2. The quantitative estimate of drug-likeness (QED) is 0.867. The zero-order chi connectivity index (χ0) is 11.3. The molecule has 0 aromatic carbocycles. The van der Waals surface area contributed by atoms with Gasteiger partial charge in [0, 0.05) is 19.1 Å². The Balaban J connectivity index is 2.26. The first-order valence-electron chi connectivity index (χ1n) is 5.23. The van der Waals surface area contributed by atoms with E-state index in [1.807, 2.05) is 0 Å². The van der Waals surface area contributed by atoms with Gasteiger partial charge in [-0.15, -0.1) is 11.3 Å². The molecule has 1 aromatic rings. The third-order valence-corrected chi connectivity index (χ3v) is 4.09. The Hall–Kier alpha value is 0.1000. The highest BCUT2D eigenvalue weighted by Gasteiger charge is 2.07. The molecule has 86 valence electrons. The van der Waals surface area contributed by atoms with Gasteiger partial charge in [0.25, 0.3) is 0 Å². The van der Waals surface area contributed by atoms with Gasteiger partial charge in [0.05, 0.1) is 3.79 Å². The van der Waals surface area contributed by atoms with Crippen molar-refractivity contribution in [2.24, 2.45) is 0 Å². The lowest BCUT2D eigenvalue weighted by Gasteiger charge is -2.23. The van der Waals surface area contributed by atoms with Crippen LogP contribution in [0, 0.1) is 0 Å². The van der Waals surface area contributed by atoms with Gasteiger partial charge >= 0.3 is 0 Å². The molecule has 2 nitrogen and oxygen atoms in total. The maximum atomic E-state index is 3.49. The fourth-order valence-electron chi connectivity index (χ4n) is 1.51. The molecule has 15 heavy (non-hydrogen) atoms. The number of rotatable bonds is 6. The number of likely N-dealkylation sites (N-methyl/N-ethyl adjacent to an activating group) is 1. The molecule has 1 unspecified atom stereocenters. The van der Waals surface area contributed by atoms with Gasteiger partial charge in [-0.3, -0.25) is 0 Å². The van der Waals surface area contributed by atoms with Crippen LogP contribution in [-0.4, -0.2) is 31.6 Å². The van der Waals surface area contributed by atoms with Crippen molar-refractivity contribution >= 4 is 27.3 Å². The summed E-state index contributed by atoms with van der Waals surface area (Å²) in [6, 6.07) is 2.81. The third-order valence-electron chi connectivity index (χ3n) is 2.53. The minimum Gasteiger partial charge on any atom is -0.311 e. The molecule has 0 radical (unpaired) electrons. The van der Waals surface area contributed by atoms with Crippen molar-refractivity contribution in [3.63, 3.8) is 0 Å². The summed E-state index contributed by atoms with van der Waals surface area (Å²) >= 11 is 5.21. The molecule has 0 bridgehead atoms. The summed E-state index contributed by atoms with van der Waals surface area (Å²) in [5, 5.41) is 5.68. The minimum atomic E-state index is 0.632. The van der Waals surface area contributed by atoms with Gasteiger partial charge in [-0.05, 0) is 53.5 Å². The highest BCUT2D eigenvalue weighted by molar-refractivity contribution is 9.11. The summed E-state index contributed by atoms with van der Waals surface area (Å²) in [5.41, 5.74) is 1.36. The van der Waals surface area contributed by atoms with Gasteiger partial charge < -0.3 is 10.2 Å². The summed E-state index contributed by atoms with van der Waals surface area (Å²) in [6.07, 6.45) is 1.19. The molecule has 1 rings (SSSR count). The number of halogens is 1. The van der Waals surface area contributed by atoms with Gasteiger partial charge in [-0.1, -0.05) is 6.92 Å². The second kappa shape index (κ2) is 6.63. The molecular formula is C11H19BrN2S. The fraction of sp³-hybridized carbons (Fsp3) is 0.636. The topological polar surface area (TPSA) is 15.3 Å². The van der Waals surface area contributed by atoms with Crippen molar-refractivity contribution in [1.29, 1.82) is 0 Å². The van der Waals surface area contributed by atoms with E-state index in [0.717, 1.165) is 13.1 Å². The smallest absolute Gasteiger partial charge is 0.0701 e. The van der Waals surface area contributed by atoms with Crippen LogP contribution in [0.25, 0.3) is 0 Å². The van der Waals surface area contributed by atoms with E-state index in [0.29, 0.717) is 6.04 Å². The predicted octanol–water partition coefficient (Wildman–Crippen LogP) is 2.94. The first kappa shape index (κ1) is 13.2. The van der Waals surface area contributed by atoms with Crippen LogP contribution < -0.4 is 5.32 Å². The molecule has 1 heterocycles. The molecule has 1 N–H and O–H groups in total. The normalized spacial score (nSPS) is 13.4. The second-order valence-corrected chi connectivity index (χ2v) is 6.21. The van der Waals surface area contributed by atoms with Crippen LogP contribution in [0.1, 0.15) is 18.9 Å². The van der Waals surface area contributed by atoms with Gasteiger partial charge in [0.15, 0.2) is 0 Å².